The second-order valence-electron chi connectivity index (χ2n) is 7.74. The molecule has 1 aromatic heterocycles. The monoisotopic (exact) mass is 440 g/mol. The summed E-state index contributed by atoms with van der Waals surface area (Å²) >= 11 is 2.90. The zero-order valence-corrected chi connectivity index (χ0v) is 18.8. The molecule has 0 spiro atoms. The molecule has 4 rings (SSSR count). The van der Waals surface area contributed by atoms with E-state index < -0.39 is 11.3 Å². The quantitative estimate of drug-likeness (QED) is 0.732. The Bertz CT molecular complexity index is 1010. The summed E-state index contributed by atoms with van der Waals surface area (Å²) in [5.41, 5.74) is 1.63. The van der Waals surface area contributed by atoms with Crippen LogP contribution in [0.2, 0.25) is 0 Å². The van der Waals surface area contributed by atoms with Crippen LogP contribution in [0.25, 0.3) is 0 Å². The van der Waals surface area contributed by atoms with E-state index in [0.29, 0.717) is 29.9 Å². The predicted octanol–water partition coefficient (Wildman–Crippen LogP) is 4.19. The number of carbonyl (C=O) groups is 2. The van der Waals surface area contributed by atoms with Gasteiger partial charge in [-0.25, -0.2) is 9.89 Å². The highest BCUT2D eigenvalue weighted by atomic mass is 32.2. The van der Waals surface area contributed by atoms with Crippen molar-refractivity contribution in [1.29, 1.82) is 0 Å². The Morgan fingerprint density at radius 3 is 2.77 bits per heavy atom. The van der Waals surface area contributed by atoms with Crippen LogP contribution in [0.1, 0.15) is 37.6 Å². The van der Waals surface area contributed by atoms with Gasteiger partial charge in [-0.05, 0) is 42.8 Å². The van der Waals surface area contributed by atoms with E-state index in [-0.39, 0.29) is 11.8 Å². The topological polar surface area (TPSA) is 74.1 Å². The van der Waals surface area contributed by atoms with Crippen LogP contribution in [0.5, 0.6) is 0 Å². The molecular formula is C22H24N4O2S2. The molecule has 0 saturated carbocycles. The molecule has 0 fully saturated rings. The molecule has 3 heterocycles. The van der Waals surface area contributed by atoms with Gasteiger partial charge in [0.25, 0.3) is 5.91 Å². The summed E-state index contributed by atoms with van der Waals surface area (Å²) in [4.78, 5) is 37.9. The molecule has 1 N–H and O–H groups in total. The number of nitrogens with zero attached hydrogens (tertiary/aromatic N) is 3. The average Bonchev–Trinajstić information content (AvgIpc) is 3.34. The first-order valence-corrected chi connectivity index (χ1v) is 11.8. The lowest BCUT2D eigenvalue weighted by Crippen LogP contribution is -2.43. The van der Waals surface area contributed by atoms with Crippen molar-refractivity contribution in [3.63, 3.8) is 0 Å². The lowest BCUT2D eigenvalue weighted by molar-refractivity contribution is -0.125. The third-order valence-corrected chi connectivity index (χ3v) is 6.84. The minimum atomic E-state index is -0.403. The number of thiophene rings is 1. The SMILES string of the molecule is CC(C)C[C@H]1N=C2c3ccccc3N=C(S[C@H](C)C(=O)NCc3cccs3)N2C1=O. The number of rotatable bonds is 6. The molecule has 2 amide bonds. The van der Waals surface area contributed by atoms with Crippen molar-refractivity contribution in [2.24, 2.45) is 15.9 Å². The van der Waals surface area contributed by atoms with Crippen LogP contribution >= 0.6 is 23.1 Å². The van der Waals surface area contributed by atoms with Gasteiger partial charge in [0.1, 0.15) is 11.9 Å². The van der Waals surface area contributed by atoms with Gasteiger partial charge in [0.05, 0.1) is 17.5 Å². The number of benzene rings is 1. The van der Waals surface area contributed by atoms with Crippen molar-refractivity contribution in [1.82, 2.24) is 10.2 Å². The molecule has 30 heavy (non-hydrogen) atoms. The van der Waals surface area contributed by atoms with Crippen molar-refractivity contribution in [3.8, 4) is 0 Å². The van der Waals surface area contributed by atoms with Gasteiger partial charge in [-0.2, -0.15) is 0 Å². The average molecular weight is 441 g/mol. The van der Waals surface area contributed by atoms with Crippen LogP contribution in [0.3, 0.4) is 0 Å². The van der Waals surface area contributed by atoms with Gasteiger partial charge in [-0.15, -0.1) is 11.3 Å². The number of aliphatic imine (C=N–C) groups is 2. The van der Waals surface area contributed by atoms with Gasteiger partial charge in [-0.1, -0.05) is 43.8 Å². The normalized spacial score (nSPS) is 18.6. The maximum absolute atomic E-state index is 13.1. The van der Waals surface area contributed by atoms with Crippen LogP contribution in [0, 0.1) is 5.92 Å². The van der Waals surface area contributed by atoms with Crippen molar-refractivity contribution in [2.45, 2.75) is 45.0 Å². The molecule has 2 aromatic rings. The molecule has 2 aliphatic heterocycles. The van der Waals surface area contributed by atoms with Crippen LogP contribution in [-0.4, -0.2) is 39.0 Å². The maximum Gasteiger partial charge on any atom is 0.259 e. The largest absolute Gasteiger partial charge is 0.350 e. The molecule has 0 radical (unpaired) electrons. The second kappa shape index (κ2) is 8.73. The number of hydrogen-bond acceptors (Lipinski definition) is 6. The lowest BCUT2D eigenvalue weighted by Gasteiger charge is -2.27. The first-order chi connectivity index (χ1) is 14.4. The Hall–Kier alpha value is -2.45. The van der Waals surface area contributed by atoms with E-state index in [1.54, 1.807) is 16.2 Å². The number of amidine groups is 2. The van der Waals surface area contributed by atoms with E-state index in [9.17, 15) is 9.59 Å². The fourth-order valence-corrected chi connectivity index (χ4v) is 5.01. The number of carbonyl (C=O) groups excluding carboxylic acids is 2. The van der Waals surface area contributed by atoms with Gasteiger partial charge in [0, 0.05) is 10.4 Å². The van der Waals surface area contributed by atoms with Gasteiger partial charge >= 0.3 is 0 Å². The zero-order valence-electron chi connectivity index (χ0n) is 17.2. The van der Waals surface area contributed by atoms with E-state index >= 15 is 0 Å². The van der Waals surface area contributed by atoms with E-state index in [2.05, 4.69) is 19.2 Å². The highest BCUT2D eigenvalue weighted by molar-refractivity contribution is 8.15. The minimum Gasteiger partial charge on any atom is -0.350 e. The molecule has 2 atom stereocenters. The fourth-order valence-electron chi connectivity index (χ4n) is 3.42. The van der Waals surface area contributed by atoms with Gasteiger partial charge in [0.15, 0.2) is 5.17 Å². The Morgan fingerprint density at radius 2 is 2.03 bits per heavy atom. The smallest absolute Gasteiger partial charge is 0.259 e. The first-order valence-electron chi connectivity index (χ1n) is 10.0. The maximum atomic E-state index is 13.1. The van der Waals surface area contributed by atoms with Crippen molar-refractivity contribution < 1.29 is 9.59 Å². The zero-order chi connectivity index (χ0) is 21.3. The number of fused-ring (bicyclic) bond motifs is 3. The number of para-hydroxylation sites is 1. The molecular weight excluding hydrogens is 416 g/mol. The summed E-state index contributed by atoms with van der Waals surface area (Å²) in [5.74, 6) is 0.851. The van der Waals surface area contributed by atoms with Crippen molar-refractivity contribution >= 4 is 51.6 Å². The molecule has 1 aromatic carbocycles. The lowest BCUT2D eigenvalue weighted by atomic mass is 10.0. The second-order valence-corrected chi connectivity index (χ2v) is 10.1. The first kappa shape index (κ1) is 20.8. The summed E-state index contributed by atoms with van der Waals surface area (Å²) in [6, 6.07) is 11.2. The summed E-state index contributed by atoms with van der Waals surface area (Å²) in [7, 11) is 0. The molecule has 0 bridgehead atoms. The molecule has 6 nitrogen and oxygen atoms in total. The molecule has 0 unspecified atom stereocenters. The van der Waals surface area contributed by atoms with Gasteiger partial charge in [0.2, 0.25) is 5.91 Å². The fraction of sp³-hybridized carbons (Fsp3) is 0.364. The van der Waals surface area contributed by atoms with Gasteiger partial charge in [-0.3, -0.25) is 14.6 Å². The predicted molar refractivity (Wildman–Crippen MR) is 123 cm³/mol. The summed E-state index contributed by atoms with van der Waals surface area (Å²) in [6.45, 7) is 6.51. The Labute approximate surface area is 184 Å². The Kier molecular flexibility index (Phi) is 6.06. The van der Waals surface area contributed by atoms with E-state index in [0.717, 1.165) is 16.1 Å². The molecule has 0 saturated heterocycles. The third kappa shape index (κ3) is 4.20. The number of amides is 2. The number of thioether (sulfide) groups is 1. The third-order valence-electron chi connectivity index (χ3n) is 4.91. The molecule has 2 aliphatic rings. The van der Waals surface area contributed by atoms with Gasteiger partial charge < -0.3 is 5.32 Å². The summed E-state index contributed by atoms with van der Waals surface area (Å²) < 4.78 is 0. The molecule has 0 aliphatic carbocycles. The number of hydrogen-bond donors (Lipinski definition) is 1. The highest BCUT2D eigenvalue weighted by Crippen LogP contribution is 2.35. The Morgan fingerprint density at radius 1 is 1.23 bits per heavy atom. The van der Waals surface area contributed by atoms with E-state index in [1.165, 1.54) is 11.8 Å². The minimum absolute atomic E-state index is 0.0642. The molecule has 156 valence electrons. The van der Waals surface area contributed by atoms with Crippen molar-refractivity contribution in [3.05, 3.63) is 52.2 Å². The van der Waals surface area contributed by atoms with Crippen LogP contribution in [0.15, 0.2) is 51.8 Å². The highest BCUT2D eigenvalue weighted by Gasteiger charge is 2.42. The van der Waals surface area contributed by atoms with E-state index in [1.807, 2.05) is 48.7 Å². The van der Waals surface area contributed by atoms with E-state index in [4.69, 9.17) is 9.98 Å². The van der Waals surface area contributed by atoms with Crippen LogP contribution in [0.4, 0.5) is 5.69 Å². The molecule has 8 heteroatoms. The van der Waals surface area contributed by atoms with Crippen molar-refractivity contribution in [2.75, 3.05) is 0 Å². The van der Waals surface area contributed by atoms with Crippen LogP contribution < -0.4 is 5.32 Å². The summed E-state index contributed by atoms with van der Waals surface area (Å²) in [5, 5.41) is 5.07. The van der Waals surface area contributed by atoms with Crippen LogP contribution in [-0.2, 0) is 16.1 Å². The Balaban J connectivity index is 1.55. The number of nitrogens with one attached hydrogen (secondary N) is 1. The standard InChI is InChI=1S/C22H24N4O2S2/c1-13(2)11-18-21(28)26-19(24-18)16-8-4-5-9-17(16)25-22(26)30-14(3)20(27)23-12-15-7-6-10-29-15/h4-10,13-14,18H,11-12H2,1-3H3,(H,23,27)/t14-,18-/m1/s1. The summed E-state index contributed by atoms with van der Waals surface area (Å²) in [6.07, 6.45) is 0.690.